The van der Waals surface area contributed by atoms with E-state index in [-0.39, 0.29) is 43.2 Å². The summed E-state index contributed by atoms with van der Waals surface area (Å²) in [6.45, 7) is 4.52. The van der Waals surface area contributed by atoms with Crippen molar-refractivity contribution >= 4 is 35.9 Å². The van der Waals surface area contributed by atoms with Crippen molar-refractivity contribution in [2.24, 2.45) is 11.7 Å². The van der Waals surface area contributed by atoms with Crippen LogP contribution in [0.15, 0.2) is 24.3 Å². The van der Waals surface area contributed by atoms with Gasteiger partial charge in [-0.05, 0) is 36.6 Å². The van der Waals surface area contributed by atoms with Crippen LogP contribution in [0, 0.1) is 11.3 Å². The Kier molecular flexibility index (Phi) is 8.45. The van der Waals surface area contributed by atoms with Crippen molar-refractivity contribution in [1.29, 1.82) is 5.41 Å². The topological polar surface area (TPSA) is 134 Å². The van der Waals surface area contributed by atoms with E-state index in [4.69, 9.17) is 16.2 Å². The molecule has 0 saturated carbocycles. The van der Waals surface area contributed by atoms with E-state index in [1.54, 1.807) is 0 Å². The van der Waals surface area contributed by atoms with Crippen molar-refractivity contribution in [2.75, 3.05) is 50.7 Å². The molecule has 0 aromatic heterocycles. The second-order valence-corrected chi connectivity index (χ2v) is 7.83. The Morgan fingerprint density at radius 1 is 1.03 bits per heavy atom. The Hall–Kier alpha value is -2.36. The lowest BCUT2D eigenvalue weighted by molar-refractivity contribution is -0.140. The minimum atomic E-state index is -0.873. The summed E-state index contributed by atoms with van der Waals surface area (Å²) >= 11 is 0. The average Bonchev–Trinajstić information content (AvgIpc) is 2.67. The molecule has 0 amide bonds. The second kappa shape index (κ2) is 10.6. The minimum absolute atomic E-state index is 0. The maximum atomic E-state index is 11.4. The molecule has 0 unspecified atom stereocenters. The number of nitrogens with two attached hydrogens (primary N) is 1. The zero-order valence-corrected chi connectivity index (χ0v) is 17.7. The highest BCUT2D eigenvalue weighted by atomic mass is 35.5. The summed E-state index contributed by atoms with van der Waals surface area (Å²) in [4.78, 5) is 28.9. The van der Waals surface area contributed by atoms with Gasteiger partial charge in [-0.3, -0.25) is 24.8 Å². The molecule has 2 aliphatic heterocycles. The van der Waals surface area contributed by atoms with Crippen molar-refractivity contribution in [3.05, 3.63) is 29.8 Å². The quantitative estimate of drug-likeness (QED) is 0.361. The number of carboxylic acid groups (broad SMARTS) is 2. The molecular formula is C20H30ClN5O4. The van der Waals surface area contributed by atoms with Crippen molar-refractivity contribution in [3.63, 3.8) is 0 Å². The highest BCUT2D eigenvalue weighted by Gasteiger charge is 2.36. The van der Waals surface area contributed by atoms with Gasteiger partial charge in [-0.15, -0.1) is 12.4 Å². The smallest absolute Gasteiger partial charge is 0.317 e. The predicted molar refractivity (Wildman–Crippen MR) is 117 cm³/mol. The first-order chi connectivity index (χ1) is 13.8. The summed E-state index contributed by atoms with van der Waals surface area (Å²) < 4.78 is 0. The van der Waals surface area contributed by atoms with E-state index >= 15 is 0 Å². The number of carboxylic acids is 2. The van der Waals surface area contributed by atoms with Crippen LogP contribution in [0.4, 0.5) is 5.69 Å². The SMILES string of the molecule is Cl.N=C(N)c1ccc(N2CCN([C@H]3CCN(CC(=O)O)C[C@H]3CC(=O)O)CC2)cc1. The maximum absolute atomic E-state index is 11.4. The minimum Gasteiger partial charge on any atom is -0.481 e. The van der Waals surface area contributed by atoms with Crippen LogP contribution in [0.3, 0.4) is 0 Å². The van der Waals surface area contributed by atoms with Gasteiger partial charge < -0.3 is 20.8 Å². The van der Waals surface area contributed by atoms with Gasteiger partial charge in [-0.2, -0.15) is 0 Å². The van der Waals surface area contributed by atoms with Gasteiger partial charge >= 0.3 is 11.9 Å². The van der Waals surface area contributed by atoms with Gasteiger partial charge in [0.2, 0.25) is 0 Å². The number of aliphatic carboxylic acids is 2. The summed E-state index contributed by atoms with van der Waals surface area (Å²) in [6.07, 6.45) is 0.853. The molecule has 1 aromatic rings. The van der Waals surface area contributed by atoms with Gasteiger partial charge in [-0.1, -0.05) is 0 Å². The first-order valence-corrected chi connectivity index (χ1v) is 9.93. The standard InChI is InChI=1S/C20H29N5O4.ClH/c21-20(22)14-1-3-16(4-2-14)24-7-9-25(10-8-24)17-5-6-23(13-19(28)29)12-15(17)11-18(26)27;/h1-4,15,17H,5-13H2,(H3,21,22)(H,26,27)(H,28,29);1H/t15-,17+;/m1./s1. The number of nitrogens with zero attached hydrogens (tertiary/aromatic N) is 3. The Balaban J connectivity index is 0.00000320. The fraction of sp³-hybridized carbons (Fsp3) is 0.550. The van der Waals surface area contributed by atoms with E-state index in [1.807, 2.05) is 29.2 Å². The number of piperazine rings is 1. The Morgan fingerprint density at radius 2 is 1.67 bits per heavy atom. The second-order valence-electron chi connectivity index (χ2n) is 7.83. The molecule has 10 heteroatoms. The highest BCUT2D eigenvalue weighted by molar-refractivity contribution is 5.95. The number of hydrogen-bond donors (Lipinski definition) is 4. The molecule has 2 saturated heterocycles. The number of carbonyl (C=O) groups is 2. The normalized spacial score (nSPS) is 22.9. The molecule has 2 heterocycles. The van der Waals surface area contributed by atoms with Gasteiger partial charge in [-0.25, -0.2) is 0 Å². The van der Waals surface area contributed by atoms with Crippen LogP contribution in [0.5, 0.6) is 0 Å². The Labute approximate surface area is 182 Å². The van der Waals surface area contributed by atoms with E-state index in [0.717, 1.165) is 38.3 Å². The van der Waals surface area contributed by atoms with Gasteiger partial charge in [0.05, 0.1) is 13.0 Å². The van der Waals surface area contributed by atoms with Crippen LogP contribution in [0.25, 0.3) is 0 Å². The average molecular weight is 440 g/mol. The lowest BCUT2D eigenvalue weighted by Gasteiger charge is -2.46. The molecule has 2 atom stereocenters. The fourth-order valence-electron chi connectivity index (χ4n) is 4.50. The number of likely N-dealkylation sites (tertiary alicyclic amines) is 1. The van der Waals surface area contributed by atoms with Crippen molar-refractivity contribution in [1.82, 2.24) is 9.80 Å². The predicted octanol–water partition coefficient (Wildman–Crippen LogP) is 0.764. The van der Waals surface area contributed by atoms with Crippen LogP contribution in [-0.4, -0.2) is 89.6 Å². The van der Waals surface area contributed by atoms with Gasteiger partial charge in [0, 0.05) is 56.6 Å². The molecule has 30 heavy (non-hydrogen) atoms. The van der Waals surface area contributed by atoms with Crippen LogP contribution in [0.1, 0.15) is 18.4 Å². The van der Waals surface area contributed by atoms with Crippen LogP contribution < -0.4 is 10.6 Å². The number of halogens is 1. The number of hydrogen-bond acceptors (Lipinski definition) is 6. The molecule has 0 bridgehead atoms. The maximum Gasteiger partial charge on any atom is 0.317 e. The van der Waals surface area contributed by atoms with E-state index < -0.39 is 11.9 Å². The van der Waals surface area contributed by atoms with Crippen molar-refractivity contribution in [3.8, 4) is 0 Å². The number of benzene rings is 1. The number of rotatable bonds is 7. The number of anilines is 1. The summed E-state index contributed by atoms with van der Waals surface area (Å²) in [5, 5.41) is 25.8. The van der Waals surface area contributed by atoms with E-state index in [1.165, 1.54) is 0 Å². The fourth-order valence-corrected chi connectivity index (χ4v) is 4.50. The first kappa shape index (κ1) is 23.9. The molecule has 3 rings (SSSR count). The molecule has 5 N–H and O–H groups in total. The Morgan fingerprint density at radius 3 is 2.20 bits per heavy atom. The van der Waals surface area contributed by atoms with E-state index in [0.29, 0.717) is 18.7 Å². The van der Waals surface area contributed by atoms with Crippen molar-refractivity contribution in [2.45, 2.75) is 18.9 Å². The third-order valence-corrected chi connectivity index (χ3v) is 5.90. The molecule has 2 aliphatic rings. The van der Waals surface area contributed by atoms with E-state index in [2.05, 4.69) is 9.80 Å². The van der Waals surface area contributed by atoms with Crippen LogP contribution in [0.2, 0.25) is 0 Å². The summed E-state index contributed by atoms with van der Waals surface area (Å²) in [6, 6.07) is 7.82. The number of nitrogens with one attached hydrogen (secondary N) is 1. The number of amidine groups is 1. The van der Waals surface area contributed by atoms with Crippen LogP contribution in [-0.2, 0) is 9.59 Å². The zero-order chi connectivity index (χ0) is 21.0. The molecular weight excluding hydrogens is 410 g/mol. The van der Waals surface area contributed by atoms with Crippen LogP contribution >= 0.6 is 12.4 Å². The van der Waals surface area contributed by atoms with E-state index in [9.17, 15) is 14.7 Å². The zero-order valence-electron chi connectivity index (χ0n) is 16.9. The number of piperidine rings is 1. The molecule has 0 radical (unpaired) electrons. The van der Waals surface area contributed by atoms with Crippen molar-refractivity contribution < 1.29 is 19.8 Å². The molecule has 9 nitrogen and oxygen atoms in total. The molecule has 166 valence electrons. The first-order valence-electron chi connectivity index (χ1n) is 9.93. The third kappa shape index (κ3) is 6.07. The highest BCUT2D eigenvalue weighted by Crippen LogP contribution is 2.27. The largest absolute Gasteiger partial charge is 0.481 e. The van der Waals surface area contributed by atoms with Gasteiger partial charge in [0.25, 0.3) is 0 Å². The van der Waals surface area contributed by atoms with Gasteiger partial charge in [0.15, 0.2) is 0 Å². The molecule has 2 fully saturated rings. The molecule has 0 spiro atoms. The lowest BCUT2D eigenvalue weighted by Crippen LogP contribution is -2.57. The number of nitrogen functional groups attached to an aromatic ring is 1. The van der Waals surface area contributed by atoms with Gasteiger partial charge in [0.1, 0.15) is 5.84 Å². The molecule has 1 aromatic carbocycles. The monoisotopic (exact) mass is 439 g/mol. The molecule has 0 aliphatic carbocycles. The Bertz CT molecular complexity index is 752. The summed E-state index contributed by atoms with van der Waals surface area (Å²) in [5.41, 5.74) is 7.31. The lowest BCUT2D eigenvalue weighted by atomic mass is 9.87. The summed E-state index contributed by atoms with van der Waals surface area (Å²) in [7, 11) is 0. The summed E-state index contributed by atoms with van der Waals surface area (Å²) in [5.74, 6) is -1.72. The third-order valence-electron chi connectivity index (χ3n) is 5.90.